The lowest BCUT2D eigenvalue weighted by atomic mass is 10.3. The molecule has 0 aromatic heterocycles. The zero-order chi connectivity index (χ0) is 6.85. The van der Waals surface area contributed by atoms with Gasteiger partial charge in [-0.2, -0.15) is 0 Å². The number of hydrogen-bond donors (Lipinski definition) is 0. The Morgan fingerprint density at radius 1 is 1.67 bits per heavy atom. The molecule has 1 rings (SSSR count). The van der Waals surface area contributed by atoms with E-state index in [2.05, 4.69) is 24.9 Å². The summed E-state index contributed by atoms with van der Waals surface area (Å²) in [4.78, 5) is 2.20. The van der Waals surface area contributed by atoms with Crippen molar-refractivity contribution in [1.82, 2.24) is 4.90 Å². The minimum absolute atomic E-state index is 0.590. The highest BCUT2D eigenvalue weighted by atomic mass is 15.1. The molecule has 50 valence electrons. The summed E-state index contributed by atoms with van der Waals surface area (Å²) in [7, 11) is 4.18. The SMILES string of the molecule is C#C[C@H]1C[C@@H]1CN(C)C. The van der Waals surface area contributed by atoms with Crippen LogP contribution in [-0.4, -0.2) is 25.5 Å². The Morgan fingerprint density at radius 3 is 2.67 bits per heavy atom. The van der Waals surface area contributed by atoms with E-state index in [9.17, 15) is 0 Å². The third-order valence-corrected chi connectivity index (χ3v) is 1.74. The van der Waals surface area contributed by atoms with E-state index in [1.54, 1.807) is 0 Å². The van der Waals surface area contributed by atoms with Crippen molar-refractivity contribution in [2.45, 2.75) is 6.42 Å². The molecule has 0 saturated heterocycles. The van der Waals surface area contributed by atoms with Gasteiger partial charge < -0.3 is 4.90 Å². The molecule has 0 amide bonds. The van der Waals surface area contributed by atoms with E-state index in [1.165, 1.54) is 6.42 Å². The molecule has 9 heavy (non-hydrogen) atoms. The van der Waals surface area contributed by atoms with Crippen molar-refractivity contribution in [2.24, 2.45) is 11.8 Å². The summed E-state index contributed by atoms with van der Waals surface area (Å²) >= 11 is 0. The summed E-state index contributed by atoms with van der Waals surface area (Å²) in [6.45, 7) is 1.16. The van der Waals surface area contributed by atoms with Crippen LogP contribution in [0.25, 0.3) is 0 Å². The van der Waals surface area contributed by atoms with Crippen molar-refractivity contribution in [3.8, 4) is 12.3 Å². The lowest BCUT2D eigenvalue weighted by Crippen LogP contribution is -2.15. The topological polar surface area (TPSA) is 3.24 Å². The average Bonchev–Trinajstić information content (AvgIpc) is 2.45. The van der Waals surface area contributed by atoms with Crippen LogP contribution in [0.15, 0.2) is 0 Å². The average molecular weight is 123 g/mol. The largest absolute Gasteiger partial charge is 0.309 e. The Hall–Kier alpha value is -0.480. The lowest BCUT2D eigenvalue weighted by Gasteiger charge is -2.06. The Balaban J connectivity index is 2.14. The van der Waals surface area contributed by atoms with E-state index >= 15 is 0 Å². The quantitative estimate of drug-likeness (QED) is 0.491. The Morgan fingerprint density at radius 2 is 2.33 bits per heavy atom. The summed E-state index contributed by atoms with van der Waals surface area (Å²) in [6, 6.07) is 0. The van der Waals surface area contributed by atoms with Crippen molar-refractivity contribution in [3.63, 3.8) is 0 Å². The first-order valence-electron chi connectivity index (χ1n) is 3.35. The summed E-state index contributed by atoms with van der Waals surface area (Å²) in [5.41, 5.74) is 0. The van der Waals surface area contributed by atoms with E-state index in [4.69, 9.17) is 6.42 Å². The van der Waals surface area contributed by atoms with Gasteiger partial charge >= 0.3 is 0 Å². The molecule has 1 aliphatic rings. The maximum absolute atomic E-state index is 5.23. The van der Waals surface area contributed by atoms with E-state index in [0.29, 0.717) is 5.92 Å². The van der Waals surface area contributed by atoms with Gasteiger partial charge in [0.15, 0.2) is 0 Å². The predicted molar refractivity (Wildman–Crippen MR) is 39.0 cm³/mol. The molecule has 0 radical (unpaired) electrons. The van der Waals surface area contributed by atoms with E-state index < -0.39 is 0 Å². The van der Waals surface area contributed by atoms with Crippen molar-refractivity contribution in [1.29, 1.82) is 0 Å². The van der Waals surface area contributed by atoms with Gasteiger partial charge in [-0.3, -0.25) is 0 Å². The number of hydrogen-bond acceptors (Lipinski definition) is 1. The van der Waals surface area contributed by atoms with Crippen molar-refractivity contribution in [3.05, 3.63) is 0 Å². The van der Waals surface area contributed by atoms with Gasteiger partial charge in [-0.1, -0.05) is 0 Å². The highest BCUT2D eigenvalue weighted by Gasteiger charge is 2.35. The molecule has 1 nitrogen and oxygen atoms in total. The molecule has 1 saturated carbocycles. The highest BCUT2D eigenvalue weighted by Crippen LogP contribution is 2.37. The monoisotopic (exact) mass is 123 g/mol. The van der Waals surface area contributed by atoms with Crippen molar-refractivity contribution >= 4 is 0 Å². The van der Waals surface area contributed by atoms with Crippen LogP contribution in [0.2, 0.25) is 0 Å². The zero-order valence-corrected chi connectivity index (χ0v) is 6.09. The molecule has 1 fully saturated rings. The fourth-order valence-electron chi connectivity index (χ4n) is 1.12. The van der Waals surface area contributed by atoms with E-state index in [0.717, 1.165) is 12.5 Å². The Labute approximate surface area is 57.0 Å². The third-order valence-electron chi connectivity index (χ3n) is 1.74. The molecule has 0 aromatic rings. The number of terminal acetylenes is 1. The minimum Gasteiger partial charge on any atom is -0.309 e. The van der Waals surface area contributed by atoms with Crippen LogP contribution in [-0.2, 0) is 0 Å². The van der Waals surface area contributed by atoms with Crippen LogP contribution in [0.1, 0.15) is 6.42 Å². The minimum atomic E-state index is 0.590. The maximum atomic E-state index is 5.23. The van der Waals surface area contributed by atoms with Crippen LogP contribution in [0.5, 0.6) is 0 Å². The van der Waals surface area contributed by atoms with Crippen molar-refractivity contribution in [2.75, 3.05) is 20.6 Å². The summed E-state index contributed by atoms with van der Waals surface area (Å²) < 4.78 is 0. The molecule has 0 N–H and O–H groups in total. The van der Waals surface area contributed by atoms with Gasteiger partial charge in [-0.05, 0) is 26.4 Å². The smallest absolute Gasteiger partial charge is 0.0244 e. The molecular weight excluding hydrogens is 110 g/mol. The number of nitrogens with zero attached hydrogens (tertiary/aromatic N) is 1. The highest BCUT2D eigenvalue weighted by molar-refractivity contribution is 5.07. The van der Waals surface area contributed by atoms with E-state index in [-0.39, 0.29) is 0 Å². The van der Waals surface area contributed by atoms with Crippen LogP contribution in [0, 0.1) is 24.2 Å². The van der Waals surface area contributed by atoms with Gasteiger partial charge in [0.25, 0.3) is 0 Å². The Bertz CT molecular complexity index is 132. The van der Waals surface area contributed by atoms with Crippen LogP contribution in [0.3, 0.4) is 0 Å². The molecule has 0 bridgehead atoms. The second-order valence-electron chi connectivity index (χ2n) is 3.03. The molecular formula is C8H13N. The molecule has 0 aliphatic heterocycles. The fourth-order valence-corrected chi connectivity index (χ4v) is 1.12. The van der Waals surface area contributed by atoms with Gasteiger partial charge in [0.2, 0.25) is 0 Å². The lowest BCUT2D eigenvalue weighted by molar-refractivity contribution is 0.384. The fraction of sp³-hybridized carbons (Fsp3) is 0.750. The first-order chi connectivity index (χ1) is 4.24. The first kappa shape index (κ1) is 6.64. The predicted octanol–water partition coefficient (Wildman–Crippen LogP) is 0.817. The zero-order valence-electron chi connectivity index (χ0n) is 6.09. The second kappa shape index (κ2) is 2.41. The molecule has 0 spiro atoms. The first-order valence-corrected chi connectivity index (χ1v) is 3.35. The molecule has 1 heteroatoms. The summed E-state index contributed by atoms with van der Waals surface area (Å²) in [6.07, 6.45) is 6.48. The van der Waals surface area contributed by atoms with Crippen LogP contribution in [0.4, 0.5) is 0 Å². The van der Waals surface area contributed by atoms with Crippen LogP contribution >= 0.6 is 0 Å². The van der Waals surface area contributed by atoms with Gasteiger partial charge in [0.1, 0.15) is 0 Å². The molecule has 1 aliphatic carbocycles. The number of rotatable bonds is 2. The second-order valence-corrected chi connectivity index (χ2v) is 3.03. The van der Waals surface area contributed by atoms with Gasteiger partial charge in [0.05, 0.1) is 0 Å². The molecule has 0 unspecified atom stereocenters. The normalized spacial score (nSPS) is 32.2. The van der Waals surface area contributed by atoms with Gasteiger partial charge in [-0.15, -0.1) is 12.3 Å². The molecule has 0 heterocycles. The van der Waals surface area contributed by atoms with Gasteiger partial charge in [0, 0.05) is 12.5 Å². The Kier molecular flexibility index (Phi) is 1.78. The molecule has 0 aromatic carbocycles. The van der Waals surface area contributed by atoms with Crippen molar-refractivity contribution < 1.29 is 0 Å². The third kappa shape index (κ3) is 1.73. The van der Waals surface area contributed by atoms with Crippen LogP contribution < -0.4 is 0 Å². The summed E-state index contributed by atoms with van der Waals surface area (Å²) in [5.74, 6) is 4.15. The standard InChI is InChI=1S/C8H13N/c1-4-7-5-8(7)6-9(2)3/h1,7-8H,5-6H2,2-3H3/t7-,8+/m0/s1. The van der Waals surface area contributed by atoms with Gasteiger partial charge in [-0.25, -0.2) is 0 Å². The van der Waals surface area contributed by atoms with E-state index in [1.807, 2.05) is 0 Å². The maximum Gasteiger partial charge on any atom is 0.0244 e. The molecule has 2 atom stereocenters. The summed E-state index contributed by atoms with van der Waals surface area (Å²) in [5, 5.41) is 0.